The van der Waals surface area contributed by atoms with Crippen molar-refractivity contribution in [2.75, 3.05) is 12.8 Å². The molecule has 0 bridgehead atoms. The van der Waals surface area contributed by atoms with Crippen LogP contribution < -0.4 is 11.1 Å². The molecule has 0 aliphatic heterocycles. The van der Waals surface area contributed by atoms with Gasteiger partial charge in [0.05, 0.1) is 0 Å². The van der Waals surface area contributed by atoms with E-state index in [2.05, 4.69) is 12.2 Å². The number of benzene rings is 1. The van der Waals surface area contributed by atoms with E-state index in [1.807, 2.05) is 31.3 Å². The van der Waals surface area contributed by atoms with Crippen LogP contribution in [0.1, 0.15) is 18.5 Å². The average Bonchev–Trinajstić information content (AvgIpc) is 2.04. The molecular formula is C9H14N2. The minimum absolute atomic E-state index is 0.330. The van der Waals surface area contributed by atoms with E-state index >= 15 is 0 Å². The maximum atomic E-state index is 5.76. The fourth-order valence-electron chi connectivity index (χ4n) is 1.06. The van der Waals surface area contributed by atoms with Crippen molar-refractivity contribution in [1.29, 1.82) is 0 Å². The van der Waals surface area contributed by atoms with Crippen LogP contribution in [0.2, 0.25) is 0 Å². The third-order valence-electron chi connectivity index (χ3n) is 1.90. The van der Waals surface area contributed by atoms with Crippen LogP contribution >= 0.6 is 0 Å². The minimum atomic E-state index is 0.330. The Kier molecular flexibility index (Phi) is 2.49. The van der Waals surface area contributed by atoms with Gasteiger partial charge in [-0.05, 0) is 25.6 Å². The Balaban J connectivity index is 2.93. The molecule has 1 aromatic carbocycles. The lowest BCUT2D eigenvalue weighted by atomic mass is 10.1. The van der Waals surface area contributed by atoms with Gasteiger partial charge in [0, 0.05) is 11.7 Å². The molecule has 0 fully saturated rings. The van der Waals surface area contributed by atoms with Crippen LogP contribution in [0, 0.1) is 0 Å². The molecule has 0 spiro atoms. The fraction of sp³-hybridized carbons (Fsp3) is 0.333. The Morgan fingerprint density at radius 3 is 2.55 bits per heavy atom. The zero-order chi connectivity index (χ0) is 8.27. The van der Waals surface area contributed by atoms with Crippen molar-refractivity contribution in [3.63, 3.8) is 0 Å². The summed E-state index contributed by atoms with van der Waals surface area (Å²) in [7, 11) is 1.93. The quantitative estimate of drug-likeness (QED) is 0.628. The van der Waals surface area contributed by atoms with E-state index < -0.39 is 0 Å². The summed E-state index contributed by atoms with van der Waals surface area (Å²) in [4.78, 5) is 0. The highest BCUT2D eigenvalue weighted by atomic mass is 14.9. The van der Waals surface area contributed by atoms with E-state index in [4.69, 9.17) is 5.73 Å². The topological polar surface area (TPSA) is 38.0 Å². The van der Waals surface area contributed by atoms with E-state index in [0.29, 0.717) is 6.04 Å². The molecule has 1 rings (SSSR count). The molecule has 0 unspecified atom stereocenters. The van der Waals surface area contributed by atoms with Crippen molar-refractivity contribution < 1.29 is 0 Å². The molecule has 0 aromatic heterocycles. The molecule has 0 saturated carbocycles. The summed E-state index contributed by atoms with van der Waals surface area (Å²) in [5.41, 5.74) is 7.77. The van der Waals surface area contributed by atoms with Gasteiger partial charge in [0.1, 0.15) is 0 Å². The summed E-state index contributed by atoms with van der Waals surface area (Å²) in [5, 5.41) is 3.14. The van der Waals surface area contributed by atoms with Gasteiger partial charge in [-0.2, -0.15) is 0 Å². The molecule has 2 heteroatoms. The van der Waals surface area contributed by atoms with Crippen LogP contribution in [0.5, 0.6) is 0 Å². The van der Waals surface area contributed by atoms with Gasteiger partial charge in [0.2, 0.25) is 0 Å². The molecular weight excluding hydrogens is 136 g/mol. The first kappa shape index (κ1) is 8.08. The third kappa shape index (κ3) is 1.71. The molecule has 60 valence electrons. The van der Waals surface area contributed by atoms with Crippen molar-refractivity contribution in [1.82, 2.24) is 5.32 Å². The number of rotatable bonds is 2. The van der Waals surface area contributed by atoms with Crippen LogP contribution in [-0.4, -0.2) is 7.05 Å². The fourth-order valence-corrected chi connectivity index (χ4v) is 1.06. The third-order valence-corrected chi connectivity index (χ3v) is 1.90. The van der Waals surface area contributed by atoms with Gasteiger partial charge in [0.15, 0.2) is 0 Å². The second kappa shape index (κ2) is 3.39. The Labute approximate surface area is 67.4 Å². The van der Waals surface area contributed by atoms with Crippen LogP contribution in [0.3, 0.4) is 0 Å². The molecule has 0 saturated heterocycles. The second-order valence-electron chi connectivity index (χ2n) is 2.64. The molecule has 0 heterocycles. The Bertz CT molecular complexity index is 233. The predicted octanol–water partition coefficient (Wildman–Crippen LogP) is 1.55. The number of hydrogen-bond acceptors (Lipinski definition) is 2. The Hall–Kier alpha value is -1.02. The Morgan fingerprint density at radius 1 is 1.36 bits per heavy atom. The highest BCUT2D eigenvalue weighted by molar-refractivity contribution is 5.47. The molecule has 1 atom stereocenters. The predicted molar refractivity (Wildman–Crippen MR) is 48.3 cm³/mol. The molecule has 3 N–H and O–H groups in total. The van der Waals surface area contributed by atoms with Crippen molar-refractivity contribution in [2.24, 2.45) is 0 Å². The monoisotopic (exact) mass is 150 g/mol. The summed E-state index contributed by atoms with van der Waals surface area (Å²) in [6.45, 7) is 2.09. The van der Waals surface area contributed by atoms with Crippen LogP contribution in [0.25, 0.3) is 0 Å². The summed E-state index contributed by atoms with van der Waals surface area (Å²) in [5.74, 6) is 0. The molecule has 0 aliphatic carbocycles. The van der Waals surface area contributed by atoms with E-state index in [9.17, 15) is 0 Å². The number of hydrogen-bond donors (Lipinski definition) is 2. The highest BCUT2D eigenvalue weighted by Crippen LogP contribution is 2.18. The molecule has 1 aromatic rings. The standard InChI is InChI=1S/C9H14N2/c1-7(11-2)8-5-3-4-6-9(8)10/h3-7,11H,10H2,1-2H3/t7-/m0/s1. The molecule has 0 aliphatic rings. The first-order valence-electron chi connectivity index (χ1n) is 3.77. The summed E-state index contributed by atoms with van der Waals surface area (Å²) in [6, 6.07) is 8.23. The number of nitrogens with one attached hydrogen (secondary N) is 1. The van der Waals surface area contributed by atoms with Crippen molar-refractivity contribution >= 4 is 5.69 Å². The van der Waals surface area contributed by atoms with Crippen LogP contribution in [-0.2, 0) is 0 Å². The van der Waals surface area contributed by atoms with Crippen molar-refractivity contribution in [3.05, 3.63) is 29.8 Å². The molecule has 0 radical (unpaired) electrons. The highest BCUT2D eigenvalue weighted by Gasteiger charge is 2.03. The number of nitrogen functional groups attached to an aromatic ring is 1. The maximum absolute atomic E-state index is 5.76. The summed E-state index contributed by atoms with van der Waals surface area (Å²) < 4.78 is 0. The Morgan fingerprint density at radius 2 is 2.00 bits per heavy atom. The normalized spacial score (nSPS) is 12.9. The van der Waals surface area contributed by atoms with Gasteiger partial charge in [-0.1, -0.05) is 18.2 Å². The second-order valence-corrected chi connectivity index (χ2v) is 2.64. The number of nitrogens with two attached hydrogens (primary N) is 1. The maximum Gasteiger partial charge on any atom is 0.0362 e. The summed E-state index contributed by atoms with van der Waals surface area (Å²) in [6.07, 6.45) is 0. The molecule has 11 heavy (non-hydrogen) atoms. The first-order chi connectivity index (χ1) is 5.25. The van der Waals surface area contributed by atoms with Crippen molar-refractivity contribution in [2.45, 2.75) is 13.0 Å². The average molecular weight is 150 g/mol. The molecule has 2 nitrogen and oxygen atoms in total. The smallest absolute Gasteiger partial charge is 0.0362 e. The van der Waals surface area contributed by atoms with E-state index in [1.54, 1.807) is 0 Å². The number of anilines is 1. The summed E-state index contributed by atoms with van der Waals surface area (Å²) >= 11 is 0. The zero-order valence-corrected chi connectivity index (χ0v) is 6.96. The van der Waals surface area contributed by atoms with E-state index in [0.717, 1.165) is 11.3 Å². The van der Waals surface area contributed by atoms with Gasteiger partial charge in [0.25, 0.3) is 0 Å². The lowest BCUT2D eigenvalue weighted by molar-refractivity contribution is 0.654. The SMILES string of the molecule is CN[C@@H](C)c1ccccc1N. The number of para-hydroxylation sites is 1. The zero-order valence-electron chi connectivity index (χ0n) is 6.96. The molecule has 0 amide bonds. The van der Waals surface area contributed by atoms with Gasteiger partial charge >= 0.3 is 0 Å². The first-order valence-corrected chi connectivity index (χ1v) is 3.77. The lowest BCUT2D eigenvalue weighted by Crippen LogP contribution is -2.13. The lowest BCUT2D eigenvalue weighted by Gasteiger charge is -2.12. The van der Waals surface area contributed by atoms with E-state index in [1.165, 1.54) is 0 Å². The largest absolute Gasteiger partial charge is 0.398 e. The van der Waals surface area contributed by atoms with Crippen LogP contribution in [0.15, 0.2) is 24.3 Å². The van der Waals surface area contributed by atoms with Crippen molar-refractivity contribution in [3.8, 4) is 0 Å². The minimum Gasteiger partial charge on any atom is -0.398 e. The van der Waals surface area contributed by atoms with Gasteiger partial charge in [-0.3, -0.25) is 0 Å². The van der Waals surface area contributed by atoms with Gasteiger partial charge in [-0.15, -0.1) is 0 Å². The van der Waals surface area contributed by atoms with E-state index in [-0.39, 0.29) is 0 Å². The van der Waals surface area contributed by atoms with Gasteiger partial charge < -0.3 is 11.1 Å². The van der Waals surface area contributed by atoms with Gasteiger partial charge in [-0.25, -0.2) is 0 Å². The van der Waals surface area contributed by atoms with Crippen LogP contribution in [0.4, 0.5) is 5.69 Å².